The Morgan fingerprint density at radius 3 is 2.64 bits per heavy atom. The lowest BCUT2D eigenvalue weighted by molar-refractivity contribution is -0.120. The van der Waals surface area contributed by atoms with Gasteiger partial charge in [0.05, 0.1) is 13.0 Å². The molecule has 1 amide bonds. The largest absolute Gasteiger partial charge is 0.351 e. The van der Waals surface area contributed by atoms with Gasteiger partial charge in [0.1, 0.15) is 4.21 Å². The van der Waals surface area contributed by atoms with Gasteiger partial charge in [0.15, 0.2) is 0 Å². The second-order valence-corrected chi connectivity index (χ2v) is 8.16. The molecule has 22 heavy (non-hydrogen) atoms. The molecule has 0 unspecified atom stereocenters. The van der Waals surface area contributed by atoms with E-state index in [-0.39, 0.29) is 23.1 Å². The Labute approximate surface area is 138 Å². The summed E-state index contributed by atoms with van der Waals surface area (Å²) in [7, 11) is -2.07. The summed E-state index contributed by atoms with van der Waals surface area (Å²) in [5, 5.41) is 3.31. The lowest BCUT2D eigenvalue weighted by atomic mass is 10.1. The van der Waals surface area contributed by atoms with Crippen LogP contribution in [0.5, 0.6) is 0 Å². The number of nitrogens with one attached hydrogen (secondary N) is 2. The number of carbonyl (C=O) groups excluding carboxylic acids is 1. The third kappa shape index (κ3) is 4.30. The minimum atomic E-state index is -3.43. The third-order valence-corrected chi connectivity index (χ3v) is 6.30. The molecule has 0 aliphatic carbocycles. The summed E-state index contributed by atoms with van der Waals surface area (Å²) in [6, 6.07) is 10.4. The number of thiophene rings is 1. The lowest BCUT2D eigenvalue weighted by Crippen LogP contribution is -2.24. The van der Waals surface area contributed by atoms with Gasteiger partial charge >= 0.3 is 0 Å². The number of hydrogen-bond acceptors (Lipinski definition) is 4. The molecule has 0 spiro atoms. The molecule has 0 saturated heterocycles. The molecule has 2 rings (SSSR count). The predicted molar refractivity (Wildman–Crippen MR) is 87.6 cm³/mol. The Kier molecular flexibility index (Phi) is 5.57. The van der Waals surface area contributed by atoms with Crippen LogP contribution in [0.3, 0.4) is 0 Å². The molecular weight excluding hydrogens is 344 g/mol. The van der Waals surface area contributed by atoms with Crippen LogP contribution in [-0.4, -0.2) is 21.4 Å². The summed E-state index contributed by atoms with van der Waals surface area (Å²) in [5.74, 6) is -0.167. The van der Waals surface area contributed by atoms with Crippen molar-refractivity contribution in [3.63, 3.8) is 0 Å². The molecule has 1 aromatic carbocycles. The zero-order valence-electron chi connectivity index (χ0n) is 11.8. The molecule has 0 saturated carbocycles. The fraction of sp³-hybridized carbons (Fsp3) is 0.214. The van der Waals surface area contributed by atoms with E-state index in [9.17, 15) is 13.2 Å². The predicted octanol–water partition coefficient (Wildman–Crippen LogP) is 2.17. The molecule has 0 bridgehead atoms. The molecular formula is C14H15ClN2O3S2. The highest BCUT2D eigenvalue weighted by atomic mass is 35.5. The van der Waals surface area contributed by atoms with Crippen molar-refractivity contribution in [3.05, 3.63) is 51.9 Å². The van der Waals surface area contributed by atoms with Crippen LogP contribution in [0.25, 0.3) is 0 Å². The van der Waals surface area contributed by atoms with Gasteiger partial charge in [-0.25, -0.2) is 13.1 Å². The number of carbonyl (C=O) groups is 1. The zero-order valence-corrected chi connectivity index (χ0v) is 14.2. The Morgan fingerprint density at radius 2 is 1.95 bits per heavy atom. The second-order valence-electron chi connectivity index (χ2n) is 4.47. The average Bonchev–Trinajstić information content (AvgIpc) is 2.97. The van der Waals surface area contributed by atoms with Crippen molar-refractivity contribution in [2.75, 3.05) is 7.05 Å². The monoisotopic (exact) mass is 358 g/mol. The van der Waals surface area contributed by atoms with E-state index in [4.69, 9.17) is 11.6 Å². The van der Waals surface area contributed by atoms with Crippen LogP contribution in [0.1, 0.15) is 10.4 Å². The van der Waals surface area contributed by atoms with Crippen molar-refractivity contribution < 1.29 is 13.2 Å². The maximum absolute atomic E-state index is 11.9. The van der Waals surface area contributed by atoms with Gasteiger partial charge in [-0.15, -0.1) is 11.3 Å². The summed E-state index contributed by atoms with van der Waals surface area (Å²) < 4.78 is 25.7. The maximum Gasteiger partial charge on any atom is 0.249 e. The topological polar surface area (TPSA) is 75.3 Å². The van der Waals surface area contributed by atoms with E-state index < -0.39 is 10.0 Å². The van der Waals surface area contributed by atoms with Crippen molar-refractivity contribution in [1.82, 2.24) is 10.0 Å². The molecule has 0 aliphatic heterocycles. The second kappa shape index (κ2) is 7.23. The summed E-state index contributed by atoms with van der Waals surface area (Å²) >= 11 is 7.13. The molecule has 8 heteroatoms. The maximum atomic E-state index is 11.9. The molecule has 5 nitrogen and oxygen atoms in total. The van der Waals surface area contributed by atoms with E-state index in [0.29, 0.717) is 5.02 Å². The first-order valence-electron chi connectivity index (χ1n) is 6.45. The normalized spacial score (nSPS) is 11.4. The van der Waals surface area contributed by atoms with Crippen LogP contribution < -0.4 is 10.0 Å². The number of rotatable bonds is 6. The first-order chi connectivity index (χ1) is 10.4. The summed E-state index contributed by atoms with van der Waals surface area (Å²) in [5.41, 5.74) is 0.756. The van der Waals surface area contributed by atoms with Crippen molar-refractivity contribution in [2.45, 2.75) is 17.2 Å². The summed E-state index contributed by atoms with van der Waals surface area (Å²) in [4.78, 5) is 12.7. The zero-order chi connectivity index (χ0) is 16.2. The van der Waals surface area contributed by atoms with Gasteiger partial charge in [-0.3, -0.25) is 4.79 Å². The van der Waals surface area contributed by atoms with E-state index in [1.807, 2.05) is 6.07 Å². The summed E-state index contributed by atoms with van der Waals surface area (Å²) in [6.07, 6.45) is 0.187. The SMILES string of the molecule is CNS(=O)(=O)c1ccc(CNC(=O)Cc2ccccc2Cl)s1. The van der Waals surface area contributed by atoms with Crippen molar-refractivity contribution >= 4 is 38.9 Å². The summed E-state index contributed by atoms with van der Waals surface area (Å²) in [6.45, 7) is 0.285. The Balaban J connectivity index is 1.93. The van der Waals surface area contributed by atoms with Crippen LogP contribution in [0, 0.1) is 0 Å². The number of sulfonamides is 1. The Morgan fingerprint density at radius 1 is 1.23 bits per heavy atom. The van der Waals surface area contributed by atoms with E-state index in [1.165, 1.54) is 13.1 Å². The minimum Gasteiger partial charge on any atom is -0.351 e. The van der Waals surface area contributed by atoms with Crippen molar-refractivity contribution in [2.24, 2.45) is 0 Å². The molecule has 2 N–H and O–H groups in total. The quantitative estimate of drug-likeness (QED) is 0.831. The third-order valence-electron chi connectivity index (χ3n) is 2.94. The van der Waals surface area contributed by atoms with E-state index in [2.05, 4.69) is 10.0 Å². The number of benzene rings is 1. The van der Waals surface area contributed by atoms with Gasteiger partial charge in [-0.2, -0.15) is 0 Å². The van der Waals surface area contributed by atoms with Gasteiger partial charge < -0.3 is 5.32 Å². The fourth-order valence-electron chi connectivity index (χ4n) is 1.76. The molecule has 2 aromatic rings. The van der Waals surface area contributed by atoms with Crippen LogP contribution in [-0.2, 0) is 27.8 Å². The highest BCUT2D eigenvalue weighted by Crippen LogP contribution is 2.21. The van der Waals surface area contributed by atoms with Crippen LogP contribution >= 0.6 is 22.9 Å². The fourth-order valence-corrected chi connectivity index (χ4v) is 4.10. The molecule has 0 aliphatic rings. The number of hydrogen-bond donors (Lipinski definition) is 2. The highest BCUT2D eigenvalue weighted by Gasteiger charge is 2.14. The van der Waals surface area contributed by atoms with Gasteiger partial charge in [0.2, 0.25) is 15.9 Å². The number of amides is 1. The standard InChI is InChI=1S/C14H15ClN2O3S2/c1-16-22(19,20)14-7-6-11(21-14)9-17-13(18)8-10-4-2-3-5-12(10)15/h2-7,16H,8-9H2,1H3,(H,17,18). The smallest absolute Gasteiger partial charge is 0.249 e. The molecule has 0 radical (unpaired) electrons. The van der Waals surface area contributed by atoms with Gasteiger partial charge in [0.25, 0.3) is 0 Å². The van der Waals surface area contributed by atoms with E-state index >= 15 is 0 Å². The Hall–Kier alpha value is -1.41. The first-order valence-corrected chi connectivity index (χ1v) is 9.12. The molecule has 1 aromatic heterocycles. The van der Waals surface area contributed by atoms with Gasteiger partial charge in [0, 0.05) is 9.90 Å². The van der Waals surface area contributed by atoms with E-state index in [0.717, 1.165) is 21.8 Å². The van der Waals surface area contributed by atoms with Crippen LogP contribution in [0.4, 0.5) is 0 Å². The first kappa shape index (κ1) is 17.0. The molecule has 118 valence electrons. The average molecular weight is 359 g/mol. The van der Waals surface area contributed by atoms with Crippen molar-refractivity contribution in [1.29, 1.82) is 0 Å². The highest BCUT2D eigenvalue weighted by molar-refractivity contribution is 7.91. The minimum absolute atomic E-state index is 0.167. The molecule has 1 heterocycles. The molecule has 0 atom stereocenters. The molecule has 0 fully saturated rings. The van der Waals surface area contributed by atoms with Crippen LogP contribution in [0.15, 0.2) is 40.6 Å². The van der Waals surface area contributed by atoms with Gasteiger partial charge in [-0.05, 0) is 30.8 Å². The Bertz CT molecular complexity index is 772. The van der Waals surface area contributed by atoms with Crippen LogP contribution in [0.2, 0.25) is 5.02 Å². The van der Waals surface area contributed by atoms with E-state index in [1.54, 1.807) is 24.3 Å². The lowest BCUT2D eigenvalue weighted by Gasteiger charge is -2.05. The van der Waals surface area contributed by atoms with Gasteiger partial charge in [-0.1, -0.05) is 29.8 Å². The van der Waals surface area contributed by atoms with Crippen molar-refractivity contribution in [3.8, 4) is 0 Å². The number of halogens is 1.